The summed E-state index contributed by atoms with van der Waals surface area (Å²) in [6, 6.07) is 19.1. The van der Waals surface area contributed by atoms with Crippen LogP contribution in [-0.2, 0) is 4.84 Å². The zero-order valence-corrected chi connectivity index (χ0v) is 21.1. The first-order chi connectivity index (χ1) is 17.3. The Labute approximate surface area is 211 Å². The van der Waals surface area contributed by atoms with Gasteiger partial charge in [-0.1, -0.05) is 36.4 Å². The van der Waals surface area contributed by atoms with E-state index in [1.807, 2.05) is 57.1 Å². The van der Waals surface area contributed by atoms with Crippen molar-refractivity contribution in [1.29, 1.82) is 0 Å². The number of nitrogens with one attached hydrogen (secondary N) is 3. The Bertz CT molecular complexity index is 1240. The van der Waals surface area contributed by atoms with Crippen LogP contribution >= 0.6 is 0 Å². The lowest BCUT2D eigenvalue weighted by molar-refractivity contribution is 0.0289. The highest BCUT2D eigenvalue weighted by Gasteiger charge is 2.18. The van der Waals surface area contributed by atoms with Crippen molar-refractivity contribution in [3.63, 3.8) is 0 Å². The lowest BCUT2D eigenvalue weighted by Crippen LogP contribution is -2.27. The van der Waals surface area contributed by atoms with E-state index in [0.717, 1.165) is 24.1 Å². The Morgan fingerprint density at radius 2 is 1.33 bits per heavy atom. The van der Waals surface area contributed by atoms with E-state index in [0.29, 0.717) is 23.4 Å². The van der Waals surface area contributed by atoms with E-state index in [-0.39, 0.29) is 23.1 Å². The van der Waals surface area contributed by atoms with E-state index in [4.69, 9.17) is 4.84 Å². The normalized spacial score (nSPS) is 10.7. The molecule has 3 rings (SSSR count). The number of aryl methyl sites for hydroxylation is 2. The molecule has 0 heterocycles. The molecule has 0 fully saturated rings. The molecule has 0 spiro atoms. The molecule has 8 nitrogen and oxygen atoms in total. The van der Waals surface area contributed by atoms with Crippen molar-refractivity contribution in [2.75, 3.05) is 37.9 Å². The fourth-order valence-corrected chi connectivity index (χ4v) is 3.59. The Balaban J connectivity index is 1.82. The Kier molecular flexibility index (Phi) is 9.32. The highest BCUT2D eigenvalue weighted by atomic mass is 16.6. The third-order valence-electron chi connectivity index (χ3n) is 5.57. The zero-order chi connectivity index (χ0) is 26.1. The van der Waals surface area contributed by atoms with E-state index < -0.39 is 5.91 Å². The van der Waals surface area contributed by atoms with Crippen molar-refractivity contribution in [2.45, 2.75) is 20.3 Å². The van der Waals surface area contributed by atoms with Gasteiger partial charge >= 0.3 is 0 Å². The molecule has 8 heteroatoms. The predicted molar refractivity (Wildman–Crippen MR) is 141 cm³/mol. The lowest BCUT2D eigenvalue weighted by atomic mass is 10.1. The summed E-state index contributed by atoms with van der Waals surface area (Å²) < 4.78 is 0. The second kappa shape index (κ2) is 12.6. The molecular formula is C28H32N4O4. The van der Waals surface area contributed by atoms with Gasteiger partial charge in [0, 0.05) is 16.8 Å². The number of hydrogen-bond acceptors (Lipinski definition) is 5. The minimum Gasteiger partial charge on any atom is -0.322 e. The van der Waals surface area contributed by atoms with Crippen LogP contribution in [0.5, 0.6) is 0 Å². The maximum atomic E-state index is 13.0. The number of nitrogens with zero attached hydrogens (tertiary/aromatic N) is 1. The third kappa shape index (κ3) is 7.24. The molecule has 0 aliphatic rings. The fraction of sp³-hybridized carbons (Fsp3) is 0.250. The first-order valence-electron chi connectivity index (χ1n) is 11.7. The van der Waals surface area contributed by atoms with E-state index in [2.05, 4.69) is 16.1 Å². The van der Waals surface area contributed by atoms with Crippen LogP contribution in [0.2, 0.25) is 0 Å². The van der Waals surface area contributed by atoms with Gasteiger partial charge in [-0.25, -0.2) is 5.48 Å². The molecule has 3 amide bonds. The number of amides is 3. The Morgan fingerprint density at radius 3 is 1.92 bits per heavy atom. The summed E-state index contributed by atoms with van der Waals surface area (Å²) >= 11 is 0. The van der Waals surface area contributed by atoms with Crippen LogP contribution in [0, 0.1) is 13.8 Å². The number of rotatable bonds is 10. The van der Waals surface area contributed by atoms with Gasteiger partial charge in [0.1, 0.15) is 0 Å². The summed E-state index contributed by atoms with van der Waals surface area (Å²) in [4.78, 5) is 46.0. The molecule has 0 unspecified atom stereocenters. The van der Waals surface area contributed by atoms with Gasteiger partial charge < -0.3 is 15.5 Å². The number of benzene rings is 3. The second-order valence-corrected chi connectivity index (χ2v) is 8.73. The van der Waals surface area contributed by atoms with Crippen LogP contribution in [0.15, 0.2) is 66.7 Å². The number of carbonyl (C=O) groups excluding carboxylic acids is 3. The molecule has 36 heavy (non-hydrogen) atoms. The third-order valence-corrected chi connectivity index (χ3v) is 5.57. The lowest BCUT2D eigenvalue weighted by Gasteiger charge is -2.15. The van der Waals surface area contributed by atoms with E-state index in [1.165, 1.54) is 0 Å². The molecule has 3 aromatic rings. The first-order valence-corrected chi connectivity index (χ1v) is 11.7. The number of hydroxylamine groups is 1. The van der Waals surface area contributed by atoms with Gasteiger partial charge in [0.05, 0.1) is 17.9 Å². The van der Waals surface area contributed by atoms with Crippen LogP contribution in [0.1, 0.15) is 48.6 Å². The molecule has 3 N–H and O–H groups in total. The minimum absolute atomic E-state index is 0.207. The summed E-state index contributed by atoms with van der Waals surface area (Å²) in [6.45, 7) is 4.86. The minimum atomic E-state index is -0.503. The summed E-state index contributed by atoms with van der Waals surface area (Å²) in [5.41, 5.74) is 5.99. The summed E-state index contributed by atoms with van der Waals surface area (Å²) in [5, 5.41) is 5.66. The molecule has 3 aromatic carbocycles. The van der Waals surface area contributed by atoms with Crippen LogP contribution in [-0.4, -0.2) is 49.9 Å². The SMILES string of the molecule is Cc1ccccc1C(=O)Nc1ccc(C(=O)NOCCCN(C)C)c(NC(=O)c2ccccc2C)c1. The molecule has 0 bridgehead atoms. The molecule has 0 saturated carbocycles. The highest BCUT2D eigenvalue weighted by molar-refractivity contribution is 6.11. The van der Waals surface area contributed by atoms with Gasteiger partial charge in [-0.2, -0.15) is 0 Å². The van der Waals surface area contributed by atoms with Crippen LogP contribution in [0.25, 0.3) is 0 Å². The zero-order valence-electron chi connectivity index (χ0n) is 21.1. The molecule has 0 radical (unpaired) electrons. The number of hydrogen-bond donors (Lipinski definition) is 3. The Hall–Kier alpha value is -4.01. The summed E-state index contributed by atoms with van der Waals surface area (Å²) in [7, 11) is 3.92. The van der Waals surface area contributed by atoms with E-state index in [1.54, 1.807) is 42.5 Å². The quantitative estimate of drug-likeness (QED) is 0.290. The first kappa shape index (κ1) is 26.6. The summed E-state index contributed by atoms with van der Waals surface area (Å²) in [6.07, 6.45) is 0.744. The van der Waals surface area contributed by atoms with Crippen molar-refractivity contribution in [1.82, 2.24) is 10.4 Å². The predicted octanol–water partition coefficient (Wildman–Crippen LogP) is 4.42. The molecule has 0 aliphatic carbocycles. The number of anilines is 2. The van der Waals surface area contributed by atoms with Crippen LogP contribution in [0.4, 0.5) is 11.4 Å². The summed E-state index contributed by atoms with van der Waals surface area (Å²) in [5.74, 6) is -1.15. The largest absolute Gasteiger partial charge is 0.322 e. The van der Waals surface area contributed by atoms with Gasteiger partial charge in [0.2, 0.25) is 0 Å². The van der Waals surface area contributed by atoms with Gasteiger partial charge in [0.15, 0.2) is 0 Å². The maximum absolute atomic E-state index is 13.0. The molecular weight excluding hydrogens is 456 g/mol. The van der Waals surface area contributed by atoms with Crippen molar-refractivity contribution in [3.05, 3.63) is 94.5 Å². The van der Waals surface area contributed by atoms with Crippen molar-refractivity contribution < 1.29 is 19.2 Å². The molecule has 0 aromatic heterocycles. The fourth-order valence-electron chi connectivity index (χ4n) is 3.59. The standard InChI is InChI=1S/C28H32N4O4/c1-19-10-5-7-12-22(19)26(33)29-21-14-15-24(28(35)31-36-17-9-16-32(3)4)25(18-21)30-27(34)23-13-8-6-11-20(23)2/h5-8,10-15,18H,9,16-17H2,1-4H3,(H,29,33)(H,30,34)(H,31,35). The maximum Gasteiger partial charge on any atom is 0.276 e. The topological polar surface area (TPSA) is 99.8 Å². The number of carbonyl (C=O) groups is 3. The monoisotopic (exact) mass is 488 g/mol. The molecule has 0 saturated heterocycles. The second-order valence-electron chi connectivity index (χ2n) is 8.73. The van der Waals surface area contributed by atoms with E-state index in [9.17, 15) is 14.4 Å². The van der Waals surface area contributed by atoms with Crippen LogP contribution in [0.3, 0.4) is 0 Å². The smallest absolute Gasteiger partial charge is 0.276 e. The average molecular weight is 489 g/mol. The molecule has 0 aliphatic heterocycles. The Morgan fingerprint density at radius 1 is 0.750 bits per heavy atom. The van der Waals surface area contributed by atoms with Crippen LogP contribution < -0.4 is 16.1 Å². The average Bonchev–Trinajstić information content (AvgIpc) is 2.84. The van der Waals surface area contributed by atoms with Gasteiger partial charge in [0.25, 0.3) is 17.7 Å². The van der Waals surface area contributed by atoms with Crippen molar-refractivity contribution in [2.24, 2.45) is 0 Å². The molecule has 0 atom stereocenters. The molecule has 188 valence electrons. The van der Waals surface area contributed by atoms with E-state index >= 15 is 0 Å². The van der Waals surface area contributed by atoms with Gasteiger partial charge in [-0.05, 0) is 82.4 Å². The van der Waals surface area contributed by atoms with Crippen molar-refractivity contribution >= 4 is 29.1 Å². The van der Waals surface area contributed by atoms with Gasteiger partial charge in [-0.15, -0.1) is 0 Å². The van der Waals surface area contributed by atoms with Crippen molar-refractivity contribution in [3.8, 4) is 0 Å². The van der Waals surface area contributed by atoms with Gasteiger partial charge in [-0.3, -0.25) is 19.2 Å². The highest BCUT2D eigenvalue weighted by Crippen LogP contribution is 2.24.